The third-order valence-electron chi connectivity index (χ3n) is 5.05. The third kappa shape index (κ3) is 4.64. The van der Waals surface area contributed by atoms with Crippen molar-refractivity contribution in [3.05, 3.63) is 74.6 Å². The molecule has 0 spiro atoms. The molecule has 0 unspecified atom stereocenters. The highest BCUT2D eigenvalue weighted by Gasteiger charge is 2.23. The van der Waals surface area contributed by atoms with Crippen LogP contribution in [-0.2, 0) is 4.79 Å². The maximum atomic E-state index is 12.9. The van der Waals surface area contributed by atoms with Crippen LogP contribution in [0.1, 0.15) is 32.9 Å². The highest BCUT2D eigenvalue weighted by molar-refractivity contribution is 5.99. The van der Waals surface area contributed by atoms with E-state index >= 15 is 0 Å². The van der Waals surface area contributed by atoms with Crippen LogP contribution >= 0.6 is 0 Å². The van der Waals surface area contributed by atoms with Gasteiger partial charge in [0, 0.05) is 24.9 Å². The van der Waals surface area contributed by atoms with Crippen molar-refractivity contribution in [2.75, 3.05) is 18.9 Å². The summed E-state index contributed by atoms with van der Waals surface area (Å²) < 4.78 is 1.35. The number of nitrogens with one attached hydrogen (secondary N) is 1. The molecule has 0 saturated heterocycles. The summed E-state index contributed by atoms with van der Waals surface area (Å²) >= 11 is 0. The molecule has 1 aromatic heterocycles. The number of carbonyl (C=O) groups is 2. The predicted molar refractivity (Wildman–Crippen MR) is 119 cm³/mol. The molecule has 0 aliphatic rings. The van der Waals surface area contributed by atoms with Gasteiger partial charge in [0.1, 0.15) is 0 Å². The van der Waals surface area contributed by atoms with Gasteiger partial charge >= 0.3 is 0 Å². The maximum Gasteiger partial charge on any atom is 0.276 e. The van der Waals surface area contributed by atoms with Crippen LogP contribution in [0, 0.1) is 37.8 Å². The first-order valence-electron chi connectivity index (χ1n) is 9.88. The Balaban J connectivity index is 1.75. The Morgan fingerprint density at radius 2 is 1.78 bits per heavy atom. The van der Waals surface area contributed by atoms with Gasteiger partial charge in [0.2, 0.25) is 5.91 Å². The molecule has 1 N–H and O–H groups in total. The highest BCUT2D eigenvalue weighted by Crippen LogP contribution is 2.22. The van der Waals surface area contributed by atoms with Crippen molar-refractivity contribution in [2.45, 2.75) is 27.7 Å². The summed E-state index contributed by atoms with van der Waals surface area (Å²) in [5, 5.41) is 21.8. The molecule has 2 aromatic carbocycles. The molecule has 10 nitrogen and oxygen atoms in total. The number of amides is 2. The number of non-ortho nitro benzene ring substituents is 1. The van der Waals surface area contributed by atoms with Crippen molar-refractivity contribution in [1.29, 1.82) is 0 Å². The standard InChI is InChI=1S/C22H24N6O4/c1-13-9-14(2)20(15(3)10-13)23-19(29)12-26(5)22(30)21-16(4)27(25-24-21)17-7-6-8-18(11-17)28(31)32/h6-11H,12H2,1-5H3,(H,23,29). The van der Waals surface area contributed by atoms with Crippen LogP contribution in [0.3, 0.4) is 0 Å². The lowest BCUT2D eigenvalue weighted by atomic mass is 10.1. The lowest BCUT2D eigenvalue weighted by molar-refractivity contribution is -0.384. The Kier molecular flexibility index (Phi) is 6.33. The summed E-state index contributed by atoms with van der Waals surface area (Å²) in [6.07, 6.45) is 0. The number of aromatic nitrogens is 3. The summed E-state index contributed by atoms with van der Waals surface area (Å²) in [6.45, 7) is 7.29. The molecule has 3 aromatic rings. The van der Waals surface area contributed by atoms with E-state index in [2.05, 4.69) is 15.6 Å². The zero-order valence-electron chi connectivity index (χ0n) is 18.5. The van der Waals surface area contributed by atoms with Gasteiger partial charge in [0.05, 0.1) is 22.8 Å². The molecule has 166 valence electrons. The highest BCUT2D eigenvalue weighted by atomic mass is 16.6. The molecule has 10 heteroatoms. The number of anilines is 1. The zero-order chi connectivity index (χ0) is 23.6. The van der Waals surface area contributed by atoms with Gasteiger partial charge < -0.3 is 10.2 Å². The number of benzene rings is 2. The molecule has 0 aliphatic heterocycles. The summed E-state index contributed by atoms with van der Waals surface area (Å²) in [6, 6.07) is 9.83. The first-order chi connectivity index (χ1) is 15.1. The van der Waals surface area contributed by atoms with E-state index in [-0.39, 0.29) is 23.8 Å². The van der Waals surface area contributed by atoms with Gasteiger partial charge in [-0.15, -0.1) is 5.10 Å². The normalized spacial score (nSPS) is 10.7. The molecular weight excluding hydrogens is 412 g/mol. The van der Waals surface area contributed by atoms with Crippen LogP contribution < -0.4 is 5.32 Å². The number of rotatable bonds is 6. The third-order valence-corrected chi connectivity index (χ3v) is 5.05. The fourth-order valence-electron chi connectivity index (χ4n) is 3.53. The van der Waals surface area contributed by atoms with E-state index in [9.17, 15) is 19.7 Å². The van der Waals surface area contributed by atoms with Crippen LogP contribution in [-0.4, -0.2) is 50.2 Å². The molecule has 0 radical (unpaired) electrons. The quantitative estimate of drug-likeness (QED) is 0.468. The fraction of sp³-hybridized carbons (Fsp3) is 0.273. The van der Waals surface area contributed by atoms with Gasteiger partial charge in [-0.2, -0.15) is 0 Å². The van der Waals surface area contributed by atoms with E-state index in [4.69, 9.17) is 0 Å². The zero-order valence-corrected chi connectivity index (χ0v) is 18.5. The monoisotopic (exact) mass is 436 g/mol. The molecule has 0 fully saturated rings. The smallest absolute Gasteiger partial charge is 0.276 e. The molecule has 1 heterocycles. The van der Waals surface area contributed by atoms with Gasteiger partial charge in [0.25, 0.3) is 11.6 Å². The largest absolute Gasteiger partial charge is 0.331 e. The van der Waals surface area contributed by atoms with Gasteiger partial charge in [-0.1, -0.05) is 29.0 Å². The van der Waals surface area contributed by atoms with Crippen molar-refractivity contribution in [1.82, 2.24) is 19.9 Å². The van der Waals surface area contributed by atoms with E-state index in [1.165, 1.54) is 34.8 Å². The Morgan fingerprint density at radius 1 is 1.12 bits per heavy atom. The Bertz CT molecular complexity index is 1190. The van der Waals surface area contributed by atoms with Gasteiger partial charge in [-0.25, -0.2) is 4.68 Å². The Labute approximate surface area is 185 Å². The van der Waals surface area contributed by atoms with Crippen molar-refractivity contribution in [2.24, 2.45) is 0 Å². The Hall–Kier alpha value is -4.08. The molecule has 2 amide bonds. The molecule has 0 aliphatic carbocycles. The molecule has 32 heavy (non-hydrogen) atoms. The van der Waals surface area contributed by atoms with E-state index in [1.54, 1.807) is 13.0 Å². The minimum absolute atomic E-state index is 0.0644. The number of nitro benzene ring substituents is 1. The second-order valence-electron chi connectivity index (χ2n) is 7.70. The number of nitrogens with zero attached hydrogens (tertiary/aromatic N) is 5. The molecule has 3 rings (SSSR count). The summed E-state index contributed by atoms with van der Waals surface area (Å²) in [4.78, 5) is 37.2. The predicted octanol–water partition coefficient (Wildman–Crippen LogP) is 3.12. The second kappa shape index (κ2) is 8.96. The average molecular weight is 436 g/mol. The number of likely N-dealkylation sites (N-methyl/N-ethyl adjacent to an activating group) is 1. The molecule has 0 bridgehead atoms. The number of carbonyl (C=O) groups excluding carboxylic acids is 2. The van der Waals surface area contributed by atoms with E-state index in [0.717, 1.165) is 22.4 Å². The van der Waals surface area contributed by atoms with Crippen LogP contribution in [0.2, 0.25) is 0 Å². The number of aryl methyl sites for hydroxylation is 3. The fourth-order valence-corrected chi connectivity index (χ4v) is 3.53. The lowest BCUT2D eigenvalue weighted by Gasteiger charge is -2.18. The number of nitro groups is 1. The van der Waals surface area contributed by atoms with Crippen LogP contribution in [0.5, 0.6) is 0 Å². The minimum atomic E-state index is -0.508. The summed E-state index contributed by atoms with van der Waals surface area (Å²) in [5.41, 5.74) is 4.51. The van der Waals surface area contributed by atoms with E-state index < -0.39 is 10.8 Å². The number of hydrogen-bond acceptors (Lipinski definition) is 6. The topological polar surface area (TPSA) is 123 Å². The lowest BCUT2D eigenvalue weighted by Crippen LogP contribution is -2.35. The van der Waals surface area contributed by atoms with Crippen molar-refractivity contribution < 1.29 is 14.5 Å². The van der Waals surface area contributed by atoms with E-state index in [1.807, 2.05) is 32.9 Å². The van der Waals surface area contributed by atoms with Crippen molar-refractivity contribution in [3.63, 3.8) is 0 Å². The first-order valence-corrected chi connectivity index (χ1v) is 9.88. The van der Waals surface area contributed by atoms with Gasteiger partial charge in [0.15, 0.2) is 5.69 Å². The van der Waals surface area contributed by atoms with Crippen molar-refractivity contribution in [3.8, 4) is 5.69 Å². The molecule has 0 saturated carbocycles. The Morgan fingerprint density at radius 3 is 2.41 bits per heavy atom. The van der Waals surface area contributed by atoms with Crippen LogP contribution in [0.15, 0.2) is 36.4 Å². The maximum absolute atomic E-state index is 12.9. The number of hydrogen-bond donors (Lipinski definition) is 1. The molecule has 0 atom stereocenters. The van der Waals surface area contributed by atoms with E-state index in [0.29, 0.717) is 11.4 Å². The van der Waals surface area contributed by atoms with Crippen molar-refractivity contribution >= 4 is 23.2 Å². The average Bonchev–Trinajstić information content (AvgIpc) is 3.11. The van der Waals surface area contributed by atoms with Gasteiger partial charge in [-0.05, 0) is 44.9 Å². The summed E-state index contributed by atoms with van der Waals surface area (Å²) in [5.74, 6) is -0.814. The first kappa shape index (κ1) is 22.6. The van der Waals surface area contributed by atoms with Crippen LogP contribution in [0.25, 0.3) is 5.69 Å². The summed E-state index contributed by atoms with van der Waals surface area (Å²) in [7, 11) is 1.50. The minimum Gasteiger partial charge on any atom is -0.331 e. The molecular formula is C22H24N6O4. The van der Waals surface area contributed by atoms with Crippen LogP contribution in [0.4, 0.5) is 11.4 Å². The SMILES string of the molecule is Cc1cc(C)c(NC(=O)CN(C)C(=O)c2nnn(-c3cccc([N+](=O)[O-])c3)c2C)c(C)c1. The van der Waals surface area contributed by atoms with Gasteiger partial charge in [-0.3, -0.25) is 19.7 Å². The second-order valence-corrected chi connectivity index (χ2v) is 7.70.